The van der Waals surface area contributed by atoms with Gasteiger partial charge in [0.05, 0.1) is 0 Å². The predicted octanol–water partition coefficient (Wildman–Crippen LogP) is 4.16. The van der Waals surface area contributed by atoms with Crippen molar-refractivity contribution in [2.75, 3.05) is 5.32 Å². The van der Waals surface area contributed by atoms with Gasteiger partial charge in [0.2, 0.25) is 5.91 Å². The quantitative estimate of drug-likeness (QED) is 0.813. The molecule has 3 nitrogen and oxygen atoms in total. The van der Waals surface area contributed by atoms with Crippen LogP contribution in [0.15, 0.2) is 51.4 Å². The van der Waals surface area contributed by atoms with Gasteiger partial charge in [-0.1, -0.05) is 40.2 Å². The number of halogens is 2. The van der Waals surface area contributed by atoms with E-state index in [0.29, 0.717) is 0 Å². The fourth-order valence-corrected chi connectivity index (χ4v) is 3.02. The molecule has 2 aromatic rings. The first-order chi connectivity index (χ1) is 9.49. The fraction of sp³-hybridized carbons (Fsp3) is 0.133. The van der Waals surface area contributed by atoms with Gasteiger partial charge in [0, 0.05) is 14.6 Å². The number of amides is 1. The Kier molecular flexibility index (Phi) is 4.83. The predicted molar refractivity (Wildman–Crippen MR) is 88.6 cm³/mol. The van der Waals surface area contributed by atoms with Gasteiger partial charge in [-0.3, -0.25) is 4.79 Å². The minimum absolute atomic E-state index is 0.426. The molecule has 0 aliphatic carbocycles. The standard InChI is InChI=1S/C15H14Br2N2O/c1-9-6-7-10(12(17)8-9)14(15(18)20)19-13-5-3-2-4-11(13)16/h2-8,14,19H,1H3,(H2,18,20). The van der Waals surface area contributed by atoms with Gasteiger partial charge in [0.1, 0.15) is 6.04 Å². The topological polar surface area (TPSA) is 55.1 Å². The molecule has 2 rings (SSSR count). The van der Waals surface area contributed by atoms with E-state index in [0.717, 1.165) is 25.8 Å². The molecule has 1 amide bonds. The van der Waals surface area contributed by atoms with Crippen molar-refractivity contribution in [2.45, 2.75) is 13.0 Å². The molecular weight excluding hydrogens is 384 g/mol. The van der Waals surface area contributed by atoms with Crippen LogP contribution in [-0.2, 0) is 4.79 Å². The van der Waals surface area contributed by atoms with Gasteiger partial charge in [0.15, 0.2) is 0 Å². The number of hydrogen-bond acceptors (Lipinski definition) is 2. The maximum atomic E-state index is 11.8. The molecule has 1 atom stereocenters. The largest absolute Gasteiger partial charge is 0.369 e. The zero-order valence-corrected chi connectivity index (χ0v) is 14.0. The monoisotopic (exact) mass is 396 g/mol. The van der Waals surface area contributed by atoms with Crippen molar-refractivity contribution in [3.8, 4) is 0 Å². The number of anilines is 1. The van der Waals surface area contributed by atoms with Crippen molar-refractivity contribution in [3.63, 3.8) is 0 Å². The molecule has 0 saturated heterocycles. The Morgan fingerprint density at radius 2 is 1.85 bits per heavy atom. The Bertz CT molecular complexity index is 644. The Balaban J connectivity index is 2.37. The number of carbonyl (C=O) groups is 1. The summed E-state index contributed by atoms with van der Waals surface area (Å²) in [7, 11) is 0. The molecule has 2 aromatic carbocycles. The minimum atomic E-state index is -0.594. The number of rotatable bonds is 4. The van der Waals surface area contributed by atoms with Crippen molar-refractivity contribution in [1.29, 1.82) is 0 Å². The van der Waals surface area contributed by atoms with Crippen molar-refractivity contribution in [2.24, 2.45) is 5.73 Å². The molecule has 5 heteroatoms. The number of carbonyl (C=O) groups excluding carboxylic acids is 1. The van der Waals surface area contributed by atoms with E-state index >= 15 is 0 Å². The third kappa shape index (κ3) is 3.41. The summed E-state index contributed by atoms with van der Waals surface area (Å²) in [4.78, 5) is 11.8. The summed E-state index contributed by atoms with van der Waals surface area (Å²) >= 11 is 6.94. The molecule has 0 fully saturated rings. The molecule has 0 aliphatic rings. The van der Waals surface area contributed by atoms with Crippen LogP contribution in [-0.4, -0.2) is 5.91 Å². The number of benzene rings is 2. The van der Waals surface area contributed by atoms with Gasteiger partial charge in [0.25, 0.3) is 0 Å². The highest BCUT2D eigenvalue weighted by atomic mass is 79.9. The second-order valence-corrected chi connectivity index (χ2v) is 6.19. The van der Waals surface area contributed by atoms with Crippen molar-refractivity contribution in [3.05, 3.63) is 62.5 Å². The lowest BCUT2D eigenvalue weighted by Gasteiger charge is -2.19. The maximum Gasteiger partial charge on any atom is 0.244 e. The first-order valence-corrected chi connectivity index (χ1v) is 7.64. The number of para-hydroxylation sites is 1. The molecule has 3 N–H and O–H groups in total. The average molecular weight is 398 g/mol. The smallest absolute Gasteiger partial charge is 0.244 e. The van der Waals surface area contributed by atoms with E-state index in [1.165, 1.54) is 0 Å². The Morgan fingerprint density at radius 1 is 1.15 bits per heavy atom. The highest BCUT2D eigenvalue weighted by Crippen LogP contribution is 2.30. The molecule has 0 bridgehead atoms. The van der Waals surface area contributed by atoms with Crippen LogP contribution in [0.1, 0.15) is 17.2 Å². The molecule has 20 heavy (non-hydrogen) atoms. The van der Waals surface area contributed by atoms with Gasteiger partial charge in [-0.05, 0) is 52.2 Å². The molecule has 0 radical (unpaired) electrons. The Hall–Kier alpha value is -1.33. The normalized spacial score (nSPS) is 11.9. The Labute approximate surface area is 134 Å². The SMILES string of the molecule is Cc1ccc(C(Nc2ccccc2Br)C(N)=O)c(Br)c1. The summed E-state index contributed by atoms with van der Waals surface area (Å²) in [5.41, 5.74) is 8.29. The Morgan fingerprint density at radius 3 is 2.45 bits per heavy atom. The van der Waals surface area contributed by atoms with Crippen LogP contribution in [0.2, 0.25) is 0 Å². The van der Waals surface area contributed by atoms with Crippen molar-refractivity contribution < 1.29 is 4.79 Å². The van der Waals surface area contributed by atoms with E-state index in [2.05, 4.69) is 37.2 Å². The van der Waals surface area contributed by atoms with Gasteiger partial charge in [-0.25, -0.2) is 0 Å². The molecule has 0 spiro atoms. The highest BCUT2D eigenvalue weighted by Gasteiger charge is 2.20. The molecule has 0 aromatic heterocycles. The lowest BCUT2D eigenvalue weighted by molar-refractivity contribution is -0.118. The first kappa shape index (κ1) is 15.1. The van der Waals surface area contributed by atoms with Crippen LogP contribution >= 0.6 is 31.9 Å². The van der Waals surface area contributed by atoms with Gasteiger partial charge in [-0.15, -0.1) is 0 Å². The second kappa shape index (κ2) is 6.41. The lowest BCUT2D eigenvalue weighted by atomic mass is 10.0. The lowest BCUT2D eigenvalue weighted by Crippen LogP contribution is -2.28. The van der Waals surface area contributed by atoms with Crippen molar-refractivity contribution >= 4 is 43.5 Å². The third-order valence-electron chi connectivity index (χ3n) is 2.93. The van der Waals surface area contributed by atoms with E-state index in [1.54, 1.807) is 0 Å². The summed E-state index contributed by atoms with van der Waals surface area (Å²) in [6.45, 7) is 2.00. The van der Waals surface area contributed by atoms with Gasteiger partial charge in [-0.2, -0.15) is 0 Å². The van der Waals surface area contributed by atoms with E-state index < -0.39 is 11.9 Å². The zero-order chi connectivity index (χ0) is 14.7. The minimum Gasteiger partial charge on any atom is -0.369 e. The number of nitrogens with two attached hydrogens (primary N) is 1. The van der Waals surface area contributed by atoms with Crippen LogP contribution in [0.4, 0.5) is 5.69 Å². The molecular formula is C15H14Br2N2O. The maximum absolute atomic E-state index is 11.8. The number of primary amides is 1. The van der Waals surface area contributed by atoms with Gasteiger partial charge < -0.3 is 11.1 Å². The number of nitrogens with one attached hydrogen (secondary N) is 1. The van der Waals surface area contributed by atoms with Crippen LogP contribution in [0.25, 0.3) is 0 Å². The van der Waals surface area contributed by atoms with Crippen molar-refractivity contribution in [1.82, 2.24) is 0 Å². The van der Waals surface area contributed by atoms with Crippen LogP contribution in [0, 0.1) is 6.92 Å². The number of aryl methyl sites for hydroxylation is 1. The summed E-state index contributed by atoms with van der Waals surface area (Å²) < 4.78 is 1.75. The average Bonchev–Trinajstić information content (AvgIpc) is 2.38. The second-order valence-electron chi connectivity index (χ2n) is 4.48. The summed E-state index contributed by atoms with van der Waals surface area (Å²) in [5, 5.41) is 3.17. The van der Waals surface area contributed by atoms with Crippen LogP contribution in [0.5, 0.6) is 0 Å². The van der Waals surface area contributed by atoms with E-state index in [9.17, 15) is 4.79 Å². The van der Waals surface area contributed by atoms with Crippen LogP contribution < -0.4 is 11.1 Å². The number of hydrogen-bond donors (Lipinski definition) is 2. The molecule has 0 saturated carbocycles. The van der Waals surface area contributed by atoms with E-state index in [-0.39, 0.29) is 0 Å². The molecule has 0 heterocycles. The first-order valence-electron chi connectivity index (χ1n) is 6.05. The highest BCUT2D eigenvalue weighted by molar-refractivity contribution is 9.11. The molecule has 1 unspecified atom stereocenters. The third-order valence-corrected chi connectivity index (χ3v) is 4.30. The molecule has 0 aliphatic heterocycles. The fourth-order valence-electron chi connectivity index (χ4n) is 1.90. The van der Waals surface area contributed by atoms with E-state index in [1.807, 2.05) is 49.4 Å². The van der Waals surface area contributed by atoms with Crippen LogP contribution in [0.3, 0.4) is 0 Å². The zero-order valence-electron chi connectivity index (χ0n) is 10.9. The summed E-state index contributed by atoms with van der Waals surface area (Å²) in [6.07, 6.45) is 0. The summed E-state index contributed by atoms with van der Waals surface area (Å²) in [5.74, 6) is -0.426. The van der Waals surface area contributed by atoms with Gasteiger partial charge >= 0.3 is 0 Å². The summed E-state index contributed by atoms with van der Waals surface area (Å²) in [6, 6.07) is 12.8. The van der Waals surface area contributed by atoms with E-state index in [4.69, 9.17) is 5.73 Å². The molecule has 104 valence electrons.